The van der Waals surface area contributed by atoms with E-state index in [0.717, 1.165) is 30.5 Å². The van der Waals surface area contributed by atoms with Gasteiger partial charge in [0.05, 0.1) is 16.3 Å². The highest BCUT2D eigenvalue weighted by Crippen LogP contribution is 2.35. The molecule has 170 valence electrons. The molecule has 2 aromatic carbocycles. The number of carbonyl (C=O) groups excluding carboxylic acids is 1. The first-order valence-corrected chi connectivity index (χ1v) is 11.3. The van der Waals surface area contributed by atoms with Crippen LogP contribution in [0, 0.1) is 18.6 Å². The number of fused-ring (bicyclic) bond motifs is 2. The van der Waals surface area contributed by atoms with Crippen molar-refractivity contribution in [2.24, 2.45) is 0 Å². The van der Waals surface area contributed by atoms with Gasteiger partial charge in [0.25, 0.3) is 5.91 Å². The van der Waals surface area contributed by atoms with Crippen LogP contribution in [0.5, 0.6) is 0 Å². The van der Waals surface area contributed by atoms with E-state index in [-0.39, 0.29) is 29.1 Å². The number of rotatable bonds is 4. The lowest BCUT2D eigenvalue weighted by Gasteiger charge is -2.33. The van der Waals surface area contributed by atoms with E-state index in [1.807, 2.05) is 24.0 Å². The summed E-state index contributed by atoms with van der Waals surface area (Å²) in [6.45, 7) is 3.04. The fourth-order valence-corrected chi connectivity index (χ4v) is 4.96. The average Bonchev–Trinajstić information content (AvgIpc) is 3.21. The summed E-state index contributed by atoms with van der Waals surface area (Å²) in [5, 5.41) is 6.13. The number of carbonyl (C=O) groups is 1. The minimum atomic E-state index is -0.663. The number of aromatic nitrogens is 1. The van der Waals surface area contributed by atoms with Gasteiger partial charge in [-0.25, -0.2) is 13.8 Å². The Morgan fingerprint density at radius 2 is 1.88 bits per heavy atom. The Balaban J connectivity index is 1.41. The highest BCUT2D eigenvalue weighted by Gasteiger charge is 2.28. The molecule has 0 atom stereocenters. The molecule has 2 N–H and O–H groups in total. The van der Waals surface area contributed by atoms with E-state index in [9.17, 15) is 13.6 Å². The quantitative estimate of drug-likeness (QED) is 0.547. The Hall–Kier alpha value is -3.19. The molecule has 2 heterocycles. The van der Waals surface area contributed by atoms with Crippen molar-refractivity contribution in [1.82, 2.24) is 10.3 Å². The first-order chi connectivity index (χ1) is 15.9. The third kappa shape index (κ3) is 4.02. The molecule has 0 radical (unpaired) electrons. The predicted octanol–water partition coefficient (Wildman–Crippen LogP) is 4.65. The maximum atomic E-state index is 14.4. The van der Waals surface area contributed by atoms with Gasteiger partial charge in [0.1, 0.15) is 17.5 Å². The molecule has 2 aliphatic rings. The van der Waals surface area contributed by atoms with Crippen molar-refractivity contribution in [3.8, 4) is 0 Å². The summed E-state index contributed by atoms with van der Waals surface area (Å²) < 4.78 is 28.4. The summed E-state index contributed by atoms with van der Waals surface area (Å²) in [6, 6.07) is 10.3. The predicted molar refractivity (Wildman–Crippen MR) is 125 cm³/mol. The standard InChI is InChI=1S/C25H23ClF2N4O/c1-14-18(25(33)31-17-10-15-4-2-3-5-16(15)11-17)12-30-24-23(14)32(9-8-29-24)13-19-20(27)6-7-21(28)22(19)26/h2-7,12,17H,8-11,13H2,1H3,(H,29,30)(H,31,33). The Kier molecular flexibility index (Phi) is 5.66. The average molecular weight is 469 g/mol. The molecule has 1 amide bonds. The highest BCUT2D eigenvalue weighted by atomic mass is 35.5. The number of benzene rings is 2. The van der Waals surface area contributed by atoms with Crippen LogP contribution in [-0.4, -0.2) is 30.0 Å². The van der Waals surface area contributed by atoms with Crippen LogP contribution in [0.2, 0.25) is 5.02 Å². The lowest BCUT2D eigenvalue weighted by atomic mass is 10.0. The fourth-order valence-electron chi connectivity index (χ4n) is 4.75. The molecule has 0 fully saturated rings. The van der Waals surface area contributed by atoms with Crippen LogP contribution < -0.4 is 15.5 Å². The van der Waals surface area contributed by atoms with Crippen molar-refractivity contribution in [3.05, 3.63) is 87.1 Å². The molecule has 1 aliphatic carbocycles. The number of pyridine rings is 1. The topological polar surface area (TPSA) is 57.3 Å². The minimum Gasteiger partial charge on any atom is -0.367 e. The van der Waals surface area contributed by atoms with Gasteiger partial charge in [-0.15, -0.1) is 0 Å². The number of halogens is 3. The Morgan fingerprint density at radius 1 is 1.18 bits per heavy atom. The molecule has 33 heavy (non-hydrogen) atoms. The number of nitrogens with zero attached hydrogens (tertiary/aromatic N) is 2. The van der Waals surface area contributed by atoms with Gasteiger partial charge in [0, 0.05) is 37.4 Å². The van der Waals surface area contributed by atoms with Crippen LogP contribution in [0.15, 0.2) is 42.6 Å². The molecular formula is C25H23ClF2N4O. The lowest BCUT2D eigenvalue weighted by Crippen LogP contribution is -2.38. The second-order valence-electron chi connectivity index (χ2n) is 8.51. The van der Waals surface area contributed by atoms with Crippen LogP contribution in [0.25, 0.3) is 0 Å². The van der Waals surface area contributed by atoms with E-state index in [1.54, 1.807) is 6.20 Å². The summed E-state index contributed by atoms with van der Waals surface area (Å²) in [7, 11) is 0. The zero-order valence-corrected chi connectivity index (χ0v) is 18.8. The summed E-state index contributed by atoms with van der Waals surface area (Å²) >= 11 is 6.06. The Bertz CT molecular complexity index is 1220. The van der Waals surface area contributed by atoms with Crippen molar-refractivity contribution in [3.63, 3.8) is 0 Å². The Labute approximate surface area is 195 Å². The maximum Gasteiger partial charge on any atom is 0.253 e. The molecule has 1 aliphatic heterocycles. The summed E-state index contributed by atoms with van der Waals surface area (Å²) in [6.07, 6.45) is 3.16. The van der Waals surface area contributed by atoms with Crippen molar-refractivity contribution < 1.29 is 13.6 Å². The normalized spacial score (nSPS) is 15.1. The summed E-state index contributed by atoms with van der Waals surface area (Å²) in [5.74, 6) is -0.816. The van der Waals surface area contributed by atoms with Gasteiger partial charge in [-0.1, -0.05) is 35.9 Å². The first-order valence-electron chi connectivity index (χ1n) is 10.9. The maximum absolute atomic E-state index is 14.4. The summed E-state index contributed by atoms with van der Waals surface area (Å²) in [4.78, 5) is 19.5. The monoisotopic (exact) mass is 468 g/mol. The van der Waals surface area contributed by atoms with Crippen LogP contribution in [-0.2, 0) is 19.4 Å². The molecular weight excluding hydrogens is 446 g/mol. The van der Waals surface area contributed by atoms with Crippen LogP contribution in [0.3, 0.4) is 0 Å². The molecule has 0 spiro atoms. The van der Waals surface area contributed by atoms with Crippen LogP contribution in [0.4, 0.5) is 20.3 Å². The molecule has 0 saturated heterocycles. The second kappa shape index (κ2) is 8.63. The van der Waals surface area contributed by atoms with Crippen molar-refractivity contribution in [1.29, 1.82) is 0 Å². The van der Waals surface area contributed by atoms with E-state index in [0.29, 0.717) is 30.2 Å². The van der Waals surface area contributed by atoms with Gasteiger partial charge in [-0.3, -0.25) is 4.79 Å². The largest absolute Gasteiger partial charge is 0.367 e. The van der Waals surface area contributed by atoms with Crippen molar-refractivity contribution >= 4 is 29.0 Å². The molecule has 0 unspecified atom stereocenters. The van der Waals surface area contributed by atoms with E-state index < -0.39 is 11.6 Å². The zero-order chi connectivity index (χ0) is 23.1. The number of hydrogen-bond donors (Lipinski definition) is 2. The molecule has 0 bridgehead atoms. The van der Waals surface area contributed by atoms with Crippen molar-refractivity contribution in [2.75, 3.05) is 23.3 Å². The van der Waals surface area contributed by atoms with Gasteiger partial charge in [0.15, 0.2) is 0 Å². The van der Waals surface area contributed by atoms with Crippen LogP contribution >= 0.6 is 11.6 Å². The van der Waals surface area contributed by atoms with Gasteiger partial charge in [-0.2, -0.15) is 0 Å². The lowest BCUT2D eigenvalue weighted by molar-refractivity contribution is 0.0937. The van der Waals surface area contributed by atoms with Gasteiger partial charge >= 0.3 is 0 Å². The van der Waals surface area contributed by atoms with Gasteiger partial charge in [-0.05, 0) is 48.6 Å². The number of anilines is 2. The first kappa shape index (κ1) is 21.6. The van der Waals surface area contributed by atoms with E-state index in [1.165, 1.54) is 11.1 Å². The SMILES string of the molecule is Cc1c(C(=O)NC2Cc3ccccc3C2)cnc2c1N(Cc1c(F)ccc(F)c1Cl)CCN2. The Morgan fingerprint density at radius 3 is 2.61 bits per heavy atom. The molecule has 5 rings (SSSR count). The van der Waals surface area contributed by atoms with E-state index in [2.05, 4.69) is 27.8 Å². The zero-order valence-electron chi connectivity index (χ0n) is 18.1. The van der Waals surface area contributed by atoms with E-state index in [4.69, 9.17) is 11.6 Å². The third-order valence-corrected chi connectivity index (χ3v) is 6.82. The van der Waals surface area contributed by atoms with E-state index >= 15 is 0 Å². The highest BCUT2D eigenvalue weighted by molar-refractivity contribution is 6.31. The molecule has 0 saturated carbocycles. The fraction of sp³-hybridized carbons (Fsp3) is 0.280. The van der Waals surface area contributed by atoms with Crippen molar-refractivity contribution in [2.45, 2.75) is 32.4 Å². The molecule has 5 nitrogen and oxygen atoms in total. The molecule has 8 heteroatoms. The summed E-state index contributed by atoms with van der Waals surface area (Å²) in [5.41, 5.74) is 4.49. The minimum absolute atomic E-state index is 0.0276. The number of amides is 1. The third-order valence-electron chi connectivity index (χ3n) is 6.42. The number of nitrogens with one attached hydrogen (secondary N) is 2. The van der Waals surface area contributed by atoms with Gasteiger partial charge in [0.2, 0.25) is 0 Å². The van der Waals surface area contributed by atoms with Crippen LogP contribution in [0.1, 0.15) is 32.6 Å². The molecule has 1 aromatic heterocycles. The smallest absolute Gasteiger partial charge is 0.253 e. The second-order valence-corrected chi connectivity index (χ2v) is 8.89. The van der Waals surface area contributed by atoms with Gasteiger partial charge < -0.3 is 15.5 Å². The number of hydrogen-bond acceptors (Lipinski definition) is 4. The molecule has 3 aromatic rings.